The van der Waals surface area contributed by atoms with E-state index in [-0.39, 0.29) is 5.41 Å². The molecule has 4 aliphatic carbocycles. The maximum atomic E-state index is 2.57. The number of hydrogen-bond acceptors (Lipinski definition) is 1. The van der Waals surface area contributed by atoms with Crippen molar-refractivity contribution in [1.29, 1.82) is 0 Å². The molecule has 0 saturated heterocycles. The molecule has 15 rings (SSSR count). The Bertz CT molecular complexity index is 3880. The van der Waals surface area contributed by atoms with Crippen LogP contribution in [-0.4, -0.2) is 0 Å². The minimum Gasteiger partial charge on any atom is -0.310 e. The lowest BCUT2D eigenvalue weighted by molar-refractivity contribution is 0.563. The number of hydrogen-bond donors (Lipinski definition) is 0. The summed E-state index contributed by atoms with van der Waals surface area (Å²) < 4.78 is 0. The standard InChI is InChI=1S/C67H45N/c1-65(2)59-31-15-17-33-61(59)67(62-34-18-16-32-60(62)65)56-29-13-9-24-49(56)51-37-35-44(41-63(51)67)68(64-39-42-19-3-4-20-45(42)46-21-5-6-26-52(46)64)43-36-38-58-53(40-43)50-25-10-14-30-57(50)66(58)54-27-11-7-22-47(54)48-23-8-12-28-55(48)66/h3-41H,1-2H3. The summed E-state index contributed by atoms with van der Waals surface area (Å²) in [6, 6.07) is 90.1. The van der Waals surface area contributed by atoms with E-state index in [1.165, 1.54) is 111 Å². The summed E-state index contributed by atoms with van der Waals surface area (Å²) >= 11 is 0. The van der Waals surface area contributed by atoms with Crippen LogP contribution in [0.25, 0.3) is 54.9 Å². The molecule has 4 aliphatic rings. The van der Waals surface area contributed by atoms with Crippen LogP contribution in [0.4, 0.5) is 17.1 Å². The smallest absolute Gasteiger partial charge is 0.0725 e. The molecular formula is C67H45N. The Morgan fingerprint density at radius 1 is 0.265 bits per heavy atom. The van der Waals surface area contributed by atoms with E-state index in [1.54, 1.807) is 0 Å². The molecule has 1 heteroatoms. The summed E-state index contributed by atoms with van der Waals surface area (Å²) in [7, 11) is 0. The molecule has 318 valence electrons. The van der Waals surface area contributed by atoms with E-state index in [2.05, 4.69) is 255 Å². The fraction of sp³-hybridized carbons (Fsp3) is 0.0746. The largest absolute Gasteiger partial charge is 0.310 e. The summed E-state index contributed by atoms with van der Waals surface area (Å²) in [5.74, 6) is 0. The van der Waals surface area contributed by atoms with Crippen molar-refractivity contribution in [2.24, 2.45) is 0 Å². The zero-order chi connectivity index (χ0) is 44.9. The predicted octanol–water partition coefficient (Wildman–Crippen LogP) is 16.8. The monoisotopic (exact) mass is 863 g/mol. The van der Waals surface area contributed by atoms with E-state index in [1.807, 2.05) is 0 Å². The maximum Gasteiger partial charge on any atom is 0.0725 e. The van der Waals surface area contributed by atoms with Crippen LogP contribution in [0.3, 0.4) is 0 Å². The molecule has 11 aromatic rings. The molecule has 0 atom stereocenters. The van der Waals surface area contributed by atoms with Crippen LogP contribution in [0.5, 0.6) is 0 Å². The first-order valence-electron chi connectivity index (χ1n) is 24.1. The summed E-state index contributed by atoms with van der Waals surface area (Å²) in [5.41, 5.74) is 23.7. The van der Waals surface area contributed by atoms with Crippen LogP contribution in [-0.2, 0) is 16.2 Å². The third-order valence-corrected chi connectivity index (χ3v) is 16.5. The Morgan fingerprint density at radius 2 is 0.647 bits per heavy atom. The molecule has 0 fully saturated rings. The minimum atomic E-state index is -0.520. The maximum absolute atomic E-state index is 2.57. The first-order valence-corrected chi connectivity index (χ1v) is 24.1. The van der Waals surface area contributed by atoms with Gasteiger partial charge in [0.15, 0.2) is 0 Å². The highest BCUT2D eigenvalue weighted by Crippen LogP contribution is 2.65. The van der Waals surface area contributed by atoms with Gasteiger partial charge in [-0.2, -0.15) is 0 Å². The van der Waals surface area contributed by atoms with Gasteiger partial charge in [0, 0.05) is 22.2 Å². The normalized spacial score (nSPS) is 15.3. The van der Waals surface area contributed by atoms with E-state index in [0.29, 0.717) is 0 Å². The van der Waals surface area contributed by atoms with Crippen LogP contribution >= 0.6 is 0 Å². The Labute approximate surface area is 397 Å². The van der Waals surface area contributed by atoms with Gasteiger partial charge in [0.05, 0.1) is 16.5 Å². The van der Waals surface area contributed by atoms with Crippen molar-refractivity contribution < 1.29 is 0 Å². The van der Waals surface area contributed by atoms with Crippen LogP contribution in [0.1, 0.15) is 69.5 Å². The Balaban J connectivity index is 1.04. The number of anilines is 3. The van der Waals surface area contributed by atoms with Gasteiger partial charge >= 0.3 is 0 Å². The van der Waals surface area contributed by atoms with Crippen LogP contribution < -0.4 is 4.90 Å². The van der Waals surface area contributed by atoms with Gasteiger partial charge < -0.3 is 4.90 Å². The minimum absolute atomic E-state index is 0.178. The fourth-order valence-electron chi connectivity index (χ4n) is 13.9. The molecule has 0 N–H and O–H groups in total. The van der Waals surface area contributed by atoms with Gasteiger partial charge in [-0.1, -0.05) is 220 Å². The molecule has 2 spiro atoms. The van der Waals surface area contributed by atoms with E-state index >= 15 is 0 Å². The highest BCUT2D eigenvalue weighted by atomic mass is 15.1. The second-order valence-electron chi connectivity index (χ2n) is 19.9. The lowest BCUT2D eigenvalue weighted by Gasteiger charge is -2.46. The van der Waals surface area contributed by atoms with Crippen molar-refractivity contribution in [3.05, 3.63) is 292 Å². The highest BCUT2D eigenvalue weighted by Gasteiger charge is 2.54. The molecule has 68 heavy (non-hydrogen) atoms. The van der Waals surface area contributed by atoms with Crippen molar-refractivity contribution in [1.82, 2.24) is 0 Å². The Morgan fingerprint density at radius 3 is 1.22 bits per heavy atom. The summed E-state index contributed by atoms with van der Waals surface area (Å²) in [6.07, 6.45) is 0. The zero-order valence-electron chi connectivity index (χ0n) is 38.0. The summed E-state index contributed by atoms with van der Waals surface area (Å²) in [4.78, 5) is 2.57. The van der Waals surface area contributed by atoms with Gasteiger partial charge in [-0.3, -0.25) is 0 Å². The van der Waals surface area contributed by atoms with Crippen LogP contribution in [0, 0.1) is 0 Å². The average molecular weight is 864 g/mol. The second-order valence-corrected chi connectivity index (χ2v) is 19.9. The van der Waals surface area contributed by atoms with Crippen molar-refractivity contribution >= 4 is 38.6 Å². The lowest BCUT2D eigenvalue weighted by Crippen LogP contribution is -2.40. The topological polar surface area (TPSA) is 3.24 Å². The van der Waals surface area contributed by atoms with Crippen LogP contribution in [0.2, 0.25) is 0 Å². The number of rotatable bonds is 3. The molecule has 0 radical (unpaired) electrons. The van der Waals surface area contributed by atoms with E-state index < -0.39 is 10.8 Å². The van der Waals surface area contributed by atoms with Gasteiger partial charge in [0.2, 0.25) is 0 Å². The molecule has 11 aromatic carbocycles. The Hall–Kier alpha value is -8.26. The van der Waals surface area contributed by atoms with Gasteiger partial charge in [-0.25, -0.2) is 0 Å². The van der Waals surface area contributed by atoms with E-state index in [0.717, 1.165) is 17.1 Å². The molecule has 0 aromatic heterocycles. The molecule has 0 saturated carbocycles. The summed E-state index contributed by atoms with van der Waals surface area (Å²) in [6.45, 7) is 4.81. The molecule has 0 heterocycles. The predicted molar refractivity (Wildman–Crippen MR) is 282 cm³/mol. The molecular weight excluding hydrogens is 819 g/mol. The van der Waals surface area contributed by atoms with Gasteiger partial charge in [0.1, 0.15) is 0 Å². The fourth-order valence-corrected chi connectivity index (χ4v) is 13.9. The molecule has 0 aliphatic heterocycles. The van der Waals surface area contributed by atoms with Crippen molar-refractivity contribution in [3.8, 4) is 33.4 Å². The third kappa shape index (κ3) is 4.57. The average Bonchev–Trinajstić information content (AvgIpc) is 3.98. The number of benzene rings is 11. The first-order chi connectivity index (χ1) is 33.5. The van der Waals surface area contributed by atoms with Crippen molar-refractivity contribution in [2.75, 3.05) is 4.90 Å². The van der Waals surface area contributed by atoms with E-state index in [4.69, 9.17) is 0 Å². The highest BCUT2D eigenvalue weighted by molar-refractivity contribution is 6.15. The Kier molecular flexibility index (Phi) is 7.49. The summed E-state index contributed by atoms with van der Waals surface area (Å²) in [5, 5.41) is 4.95. The number of fused-ring (bicyclic) bond motifs is 22. The number of nitrogens with zero attached hydrogens (tertiary/aromatic N) is 1. The quantitative estimate of drug-likeness (QED) is 0.160. The van der Waals surface area contributed by atoms with Crippen molar-refractivity contribution in [3.63, 3.8) is 0 Å². The molecule has 0 bridgehead atoms. The second kappa shape index (κ2) is 13.4. The first kappa shape index (κ1) is 37.9. The molecule has 0 amide bonds. The van der Waals surface area contributed by atoms with Gasteiger partial charge in [-0.05, 0) is 136 Å². The molecule has 0 unspecified atom stereocenters. The van der Waals surface area contributed by atoms with Gasteiger partial charge in [0.25, 0.3) is 0 Å². The SMILES string of the molecule is CC1(C)c2ccccc2C2(c3ccccc3-c3ccc(N(c4ccc5c(c4)-c4ccccc4C54c5ccccc5-c5ccccc54)c4cc5ccccc5c5ccccc45)cc32)c2ccccc21. The molecule has 1 nitrogen and oxygen atoms in total. The zero-order valence-corrected chi connectivity index (χ0v) is 38.0. The third-order valence-electron chi connectivity index (χ3n) is 16.5. The lowest BCUT2D eigenvalue weighted by atomic mass is 9.55. The van der Waals surface area contributed by atoms with Crippen molar-refractivity contribution in [2.45, 2.75) is 30.1 Å². The van der Waals surface area contributed by atoms with Crippen LogP contribution in [0.15, 0.2) is 237 Å². The van der Waals surface area contributed by atoms with Gasteiger partial charge in [-0.15, -0.1) is 0 Å². The van der Waals surface area contributed by atoms with E-state index in [9.17, 15) is 0 Å².